The largest absolute Gasteiger partial charge is 0.495 e. The Morgan fingerprint density at radius 2 is 1.52 bits per heavy atom. The standard InChI is InChI=1S/C20H25N3O5S/c1-21(2)19(24)14-22(3)20(25)15-10-12-16(13-11-15)29(26,27)23(4)17-8-6-7-9-18(17)28-5/h6-13H,14H2,1-5H3. The first kappa shape index (κ1) is 22.2. The summed E-state index contributed by atoms with van der Waals surface area (Å²) < 4.78 is 32.3. The minimum atomic E-state index is -3.85. The first-order valence-electron chi connectivity index (χ1n) is 8.77. The topological polar surface area (TPSA) is 87.2 Å². The Bertz CT molecular complexity index is 987. The van der Waals surface area contributed by atoms with Gasteiger partial charge in [0, 0.05) is 33.8 Å². The molecule has 0 spiro atoms. The minimum Gasteiger partial charge on any atom is -0.495 e. The van der Waals surface area contributed by atoms with Crippen LogP contribution in [0.1, 0.15) is 10.4 Å². The highest BCUT2D eigenvalue weighted by Crippen LogP contribution is 2.30. The number of carbonyl (C=O) groups excluding carboxylic acids is 2. The van der Waals surface area contributed by atoms with Crippen molar-refractivity contribution < 1.29 is 22.7 Å². The van der Waals surface area contributed by atoms with Crippen molar-refractivity contribution >= 4 is 27.5 Å². The third kappa shape index (κ3) is 4.86. The Morgan fingerprint density at radius 1 is 0.931 bits per heavy atom. The number of ether oxygens (including phenoxy) is 1. The van der Waals surface area contributed by atoms with E-state index >= 15 is 0 Å². The first-order valence-corrected chi connectivity index (χ1v) is 10.2. The monoisotopic (exact) mass is 419 g/mol. The molecule has 0 radical (unpaired) electrons. The highest BCUT2D eigenvalue weighted by atomic mass is 32.2. The number of anilines is 1. The summed E-state index contributed by atoms with van der Waals surface area (Å²) in [7, 11) is 3.79. The molecule has 0 N–H and O–H groups in total. The lowest BCUT2D eigenvalue weighted by Crippen LogP contribution is -2.37. The molecule has 0 heterocycles. The second-order valence-corrected chi connectivity index (χ2v) is 8.59. The van der Waals surface area contributed by atoms with Crippen molar-refractivity contribution in [2.45, 2.75) is 4.90 Å². The Balaban J connectivity index is 2.24. The SMILES string of the molecule is COc1ccccc1N(C)S(=O)(=O)c1ccc(C(=O)N(C)CC(=O)N(C)C)cc1. The summed E-state index contributed by atoms with van der Waals surface area (Å²) in [5.41, 5.74) is 0.690. The van der Waals surface area contributed by atoms with Gasteiger partial charge in [0.1, 0.15) is 5.75 Å². The zero-order valence-electron chi connectivity index (χ0n) is 17.1. The van der Waals surface area contributed by atoms with Gasteiger partial charge in [0.2, 0.25) is 5.91 Å². The number of para-hydroxylation sites is 2. The fraction of sp³-hybridized carbons (Fsp3) is 0.300. The lowest BCUT2D eigenvalue weighted by atomic mass is 10.2. The van der Waals surface area contributed by atoms with E-state index in [-0.39, 0.29) is 28.8 Å². The van der Waals surface area contributed by atoms with E-state index in [1.807, 2.05) is 0 Å². The molecule has 0 bridgehead atoms. The van der Waals surface area contributed by atoms with E-state index in [4.69, 9.17) is 4.74 Å². The summed E-state index contributed by atoms with van der Waals surface area (Å²) in [6.45, 7) is -0.0670. The molecular weight excluding hydrogens is 394 g/mol. The van der Waals surface area contributed by atoms with Gasteiger partial charge in [0.25, 0.3) is 15.9 Å². The fourth-order valence-corrected chi connectivity index (χ4v) is 3.79. The molecule has 0 saturated carbocycles. The molecular formula is C20H25N3O5S. The number of amides is 2. The van der Waals surface area contributed by atoms with Crippen LogP contribution < -0.4 is 9.04 Å². The summed E-state index contributed by atoms with van der Waals surface area (Å²) in [5.74, 6) is -0.154. The van der Waals surface area contributed by atoms with Gasteiger partial charge in [-0.1, -0.05) is 12.1 Å². The average Bonchev–Trinajstić information content (AvgIpc) is 2.72. The fourth-order valence-electron chi connectivity index (χ4n) is 2.58. The first-order chi connectivity index (χ1) is 13.6. The lowest BCUT2D eigenvalue weighted by Gasteiger charge is -2.22. The maximum atomic E-state index is 13.0. The molecule has 0 aromatic heterocycles. The highest BCUT2D eigenvalue weighted by molar-refractivity contribution is 7.92. The molecule has 29 heavy (non-hydrogen) atoms. The zero-order valence-corrected chi connectivity index (χ0v) is 17.9. The van der Waals surface area contributed by atoms with Crippen molar-refractivity contribution in [1.82, 2.24) is 9.80 Å². The van der Waals surface area contributed by atoms with Gasteiger partial charge in [-0.05, 0) is 36.4 Å². The van der Waals surface area contributed by atoms with Crippen LogP contribution in [0.25, 0.3) is 0 Å². The van der Waals surface area contributed by atoms with Crippen molar-refractivity contribution in [3.63, 3.8) is 0 Å². The smallest absolute Gasteiger partial charge is 0.264 e. The van der Waals surface area contributed by atoms with Crippen molar-refractivity contribution in [2.24, 2.45) is 0 Å². The maximum absolute atomic E-state index is 13.0. The van der Waals surface area contributed by atoms with E-state index in [9.17, 15) is 18.0 Å². The predicted molar refractivity (Wildman–Crippen MR) is 111 cm³/mol. The van der Waals surface area contributed by atoms with Crippen molar-refractivity contribution in [2.75, 3.05) is 46.2 Å². The van der Waals surface area contributed by atoms with Crippen molar-refractivity contribution in [1.29, 1.82) is 0 Å². The molecule has 0 unspecified atom stereocenters. The molecule has 2 aromatic carbocycles. The lowest BCUT2D eigenvalue weighted by molar-refractivity contribution is -0.129. The van der Waals surface area contributed by atoms with Gasteiger partial charge in [0.15, 0.2) is 0 Å². The van der Waals surface area contributed by atoms with Gasteiger partial charge in [-0.15, -0.1) is 0 Å². The molecule has 156 valence electrons. The van der Waals surface area contributed by atoms with Gasteiger partial charge in [-0.3, -0.25) is 13.9 Å². The predicted octanol–water partition coefficient (Wildman–Crippen LogP) is 1.68. The van der Waals surface area contributed by atoms with E-state index in [1.165, 1.54) is 55.3 Å². The third-order valence-electron chi connectivity index (χ3n) is 4.40. The number of hydrogen-bond donors (Lipinski definition) is 0. The number of nitrogens with zero attached hydrogens (tertiary/aromatic N) is 3. The van der Waals surface area contributed by atoms with Crippen LogP contribution in [0, 0.1) is 0 Å². The second kappa shape index (κ2) is 8.95. The number of hydrogen-bond acceptors (Lipinski definition) is 5. The minimum absolute atomic E-state index is 0.0366. The summed E-state index contributed by atoms with van der Waals surface area (Å²) in [6.07, 6.45) is 0. The van der Waals surface area contributed by atoms with Crippen LogP contribution in [-0.4, -0.2) is 71.9 Å². The zero-order chi connectivity index (χ0) is 21.8. The average molecular weight is 420 g/mol. The molecule has 8 nitrogen and oxygen atoms in total. The Hall–Kier alpha value is -3.07. The molecule has 9 heteroatoms. The van der Waals surface area contributed by atoms with E-state index in [2.05, 4.69) is 0 Å². The highest BCUT2D eigenvalue weighted by Gasteiger charge is 2.24. The second-order valence-electron chi connectivity index (χ2n) is 6.62. The van der Waals surface area contributed by atoms with Crippen LogP contribution in [0.3, 0.4) is 0 Å². The van der Waals surface area contributed by atoms with Gasteiger partial charge >= 0.3 is 0 Å². The number of benzene rings is 2. The van der Waals surface area contributed by atoms with Crippen LogP contribution in [0.4, 0.5) is 5.69 Å². The molecule has 2 rings (SSSR count). The van der Waals surface area contributed by atoms with Crippen LogP contribution >= 0.6 is 0 Å². The van der Waals surface area contributed by atoms with E-state index in [0.29, 0.717) is 11.4 Å². The molecule has 0 aliphatic heterocycles. The number of methoxy groups -OCH3 is 1. The molecule has 0 fully saturated rings. The number of carbonyl (C=O) groups is 2. The van der Waals surface area contributed by atoms with Crippen LogP contribution in [0.2, 0.25) is 0 Å². The summed E-state index contributed by atoms with van der Waals surface area (Å²) >= 11 is 0. The van der Waals surface area contributed by atoms with E-state index in [1.54, 1.807) is 38.4 Å². The molecule has 2 aromatic rings. The summed E-state index contributed by atoms with van der Waals surface area (Å²) in [6, 6.07) is 12.4. The van der Waals surface area contributed by atoms with Gasteiger partial charge in [-0.25, -0.2) is 8.42 Å². The number of rotatable bonds is 7. The number of sulfonamides is 1. The van der Waals surface area contributed by atoms with Gasteiger partial charge < -0.3 is 14.5 Å². The normalized spacial score (nSPS) is 10.9. The van der Waals surface area contributed by atoms with Crippen LogP contribution in [0.15, 0.2) is 53.4 Å². The van der Waals surface area contributed by atoms with Crippen molar-refractivity contribution in [3.8, 4) is 5.75 Å². The van der Waals surface area contributed by atoms with E-state index in [0.717, 1.165) is 4.31 Å². The number of likely N-dealkylation sites (N-methyl/N-ethyl adjacent to an activating group) is 2. The van der Waals surface area contributed by atoms with Gasteiger partial charge in [-0.2, -0.15) is 0 Å². The van der Waals surface area contributed by atoms with Crippen LogP contribution in [-0.2, 0) is 14.8 Å². The van der Waals surface area contributed by atoms with E-state index < -0.39 is 10.0 Å². The van der Waals surface area contributed by atoms with Crippen LogP contribution in [0.5, 0.6) is 5.75 Å². The molecule has 0 aliphatic rings. The Morgan fingerprint density at radius 3 is 2.07 bits per heavy atom. The molecule has 0 atom stereocenters. The maximum Gasteiger partial charge on any atom is 0.264 e. The Labute approximate surface area is 171 Å². The van der Waals surface area contributed by atoms with Crippen molar-refractivity contribution in [3.05, 3.63) is 54.1 Å². The molecule has 0 aliphatic carbocycles. The molecule has 2 amide bonds. The van der Waals surface area contributed by atoms with Gasteiger partial charge in [0.05, 0.1) is 24.2 Å². The summed E-state index contributed by atoms with van der Waals surface area (Å²) in [4.78, 5) is 27.0. The quantitative estimate of drug-likeness (QED) is 0.682. The Kier molecular flexibility index (Phi) is 6.86. The molecule has 0 saturated heterocycles. The third-order valence-corrected chi connectivity index (χ3v) is 6.19. The summed E-state index contributed by atoms with van der Waals surface area (Å²) in [5, 5.41) is 0.